The number of pyridine rings is 1. The Bertz CT molecular complexity index is 386. The molecule has 0 radical (unpaired) electrons. The summed E-state index contributed by atoms with van der Waals surface area (Å²) in [6, 6.07) is 3.86. The molecule has 2 heterocycles. The van der Waals surface area contributed by atoms with Gasteiger partial charge in [0.2, 0.25) is 0 Å². The molecule has 0 unspecified atom stereocenters. The van der Waals surface area contributed by atoms with Crippen molar-refractivity contribution in [2.75, 3.05) is 19.7 Å². The second-order valence-corrected chi connectivity index (χ2v) is 4.45. The Kier molecular flexibility index (Phi) is 4.52. The SMILES string of the molecule is Cc1ccc(CCNC(=O)N2CCCCO2)nc1. The lowest BCUT2D eigenvalue weighted by atomic mass is 10.2. The maximum Gasteiger partial charge on any atom is 0.341 e. The molecule has 18 heavy (non-hydrogen) atoms. The number of carbonyl (C=O) groups excluding carboxylic acids is 1. The average Bonchev–Trinajstić information content (AvgIpc) is 2.42. The van der Waals surface area contributed by atoms with Crippen LogP contribution in [0.5, 0.6) is 0 Å². The summed E-state index contributed by atoms with van der Waals surface area (Å²) >= 11 is 0. The molecule has 1 aliphatic heterocycles. The standard InChI is InChI=1S/C13H19N3O2/c1-11-4-5-12(15-10-11)6-7-14-13(17)16-8-2-3-9-18-16/h4-5,10H,2-3,6-9H2,1H3,(H,14,17). The number of hydrogen-bond donors (Lipinski definition) is 1. The Morgan fingerprint density at radius 1 is 1.50 bits per heavy atom. The molecular weight excluding hydrogens is 230 g/mol. The first kappa shape index (κ1) is 12.8. The number of hydrogen-bond acceptors (Lipinski definition) is 3. The molecule has 1 aliphatic rings. The molecule has 1 aromatic heterocycles. The summed E-state index contributed by atoms with van der Waals surface area (Å²) in [6.07, 6.45) is 4.61. The molecule has 0 saturated carbocycles. The molecule has 2 amide bonds. The smallest absolute Gasteiger partial charge is 0.336 e. The van der Waals surface area contributed by atoms with Crippen molar-refractivity contribution < 1.29 is 9.63 Å². The minimum Gasteiger partial charge on any atom is -0.336 e. The van der Waals surface area contributed by atoms with Crippen LogP contribution in [0.1, 0.15) is 24.1 Å². The third kappa shape index (κ3) is 3.70. The van der Waals surface area contributed by atoms with Crippen LogP contribution >= 0.6 is 0 Å². The minimum atomic E-state index is -0.151. The summed E-state index contributed by atoms with van der Waals surface area (Å²) in [7, 11) is 0. The highest BCUT2D eigenvalue weighted by Gasteiger charge is 2.16. The molecule has 1 aromatic rings. The quantitative estimate of drug-likeness (QED) is 0.886. The fourth-order valence-electron chi connectivity index (χ4n) is 1.79. The number of nitrogens with one attached hydrogen (secondary N) is 1. The molecule has 0 spiro atoms. The first-order valence-corrected chi connectivity index (χ1v) is 6.35. The van der Waals surface area contributed by atoms with E-state index in [0.29, 0.717) is 19.7 Å². The summed E-state index contributed by atoms with van der Waals surface area (Å²) in [6.45, 7) is 3.89. The highest BCUT2D eigenvalue weighted by molar-refractivity contribution is 5.73. The zero-order chi connectivity index (χ0) is 12.8. The van der Waals surface area contributed by atoms with E-state index in [9.17, 15) is 4.79 Å². The summed E-state index contributed by atoms with van der Waals surface area (Å²) in [4.78, 5) is 21.3. The first-order chi connectivity index (χ1) is 8.75. The maximum atomic E-state index is 11.7. The average molecular weight is 249 g/mol. The van der Waals surface area contributed by atoms with E-state index in [2.05, 4.69) is 10.3 Å². The number of carbonyl (C=O) groups is 1. The van der Waals surface area contributed by atoms with Crippen molar-refractivity contribution in [2.45, 2.75) is 26.2 Å². The van der Waals surface area contributed by atoms with Crippen LogP contribution in [0.4, 0.5) is 4.79 Å². The van der Waals surface area contributed by atoms with Crippen molar-refractivity contribution in [3.63, 3.8) is 0 Å². The van der Waals surface area contributed by atoms with Crippen molar-refractivity contribution in [2.24, 2.45) is 0 Å². The number of rotatable bonds is 3. The first-order valence-electron chi connectivity index (χ1n) is 6.35. The predicted molar refractivity (Wildman–Crippen MR) is 68.0 cm³/mol. The van der Waals surface area contributed by atoms with E-state index in [4.69, 9.17) is 4.84 Å². The second-order valence-electron chi connectivity index (χ2n) is 4.45. The zero-order valence-electron chi connectivity index (χ0n) is 10.7. The number of amides is 2. The molecule has 1 fully saturated rings. The van der Waals surface area contributed by atoms with Crippen molar-refractivity contribution in [1.82, 2.24) is 15.4 Å². The van der Waals surface area contributed by atoms with Crippen molar-refractivity contribution in [3.05, 3.63) is 29.6 Å². The van der Waals surface area contributed by atoms with Gasteiger partial charge < -0.3 is 5.32 Å². The third-order valence-electron chi connectivity index (χ3n) is 2.86. The topological polar surface area (TPSA) is 54.5 Å². The monoisotopic (exact) mass is 249 g/mol. The molecule has 1 N–H and O–H groups in total. The second kappa shape index (κ2) is 6.35. The summed E-state index contributed by atoms with van der Waals surface area (Å²) in [5.41, 5.74) is 2.13. The Hall–Kier alpha value is -1.62. The van der Waals surface area contributed by atoms with E-state index in [1.54, 1.807) is 0 Å². The lowest BCUT2D eigenvalue weighted by molar-refractivity contribution is -0.139. The van der Waals surface area contributed by atoms with Crippen LogP contribution in [0, 0.1) is 6.92 Å². The van der Waals surface area contributed by atoms with E-state index >= 15 is 0 Å². The molecule has 0 atom stereocenters. The van der Waals surface area contributed by atoms with Crippen LogP contribution in [-0.4, -0.2) is 35.8 Å². The van der Waals surface area contributed by atoms with Gasteiger partial charge in [0.25, 0.3) is 0 Å². The Labute approximate surface area is 107 Å². The number of aryl methyl sites for hydroxylation is 1. The number of hydroxylamine groups is 2. The van der Waals surface area contributed by atoms with Crippen molar-refractivity contribution >= 4 is 6.03 Å². The van der Waals surface area contributed by atoms with Crippen LogP contribution in [0.3, 0.4) is 0 Å². The van der Waals surface area contributed by atoms with Crippen LogP contribution in [0.2, 0.25) is 0 Å². The van der Waals surface area contributed by atoms with Crippen molar-refractivity contribution in [3.8, 4) is 0 Å². The number of nitrogens with zero attached hydrogens (tertiary/aromatic N) is 2. The largest absolute Gasteiger partial charge is 0.341 e. The molecule has 2 rings (SSSR count). The van der Waals surface area contributed by atoms with Gasteiger partial charge in [-0.15, -0.1) is 0 Å². The lowest BCUT2D eigenvalue weighted by Gasteiger charge is -2.25. The molecule has 98 valence electrons. The van der Waals surface area contributed by atoms with Crippen LogP contribution in [0.15, 0.2) is 18.3 Å². The fraction of sp³-hybridized carbons (Fsp3) is 0.538. The van der Waals surface area contributed by atoms with E-state index in [-0.39, 0.29) is 6.03 Å². The molecule has 0 aliphatic carbocycles. The summed E-state index contributed by atoms with van der Waals surface area (Å²) in [5, 5.41) is 4.25. The highest BCUT2D eigenvalue weighted by atomic mass is 16.7. The molecule has 5 heteroatoms. The zero-order valence-corrected chi connectivity index (χ0v) is 10.7. The van der Waals surface area contributed by atoms with Gasteiger partial charge in [-0.05, 0) is 31.4 Å². The van der Waals surface area contributed by atoms with Gasteiger partial charge in [-0.1, -0.05) is 6.07 Å². The lowest BCUT2D eigenvalue weighted by Crippen LogP contribution is -2.43. The number of aromatic nitrogens is 1. The highest BCUT2D eigenvalue weighted by Crippen LogP contribution is 2.05. The minimum absolute atomic E-state index is 0.151. The molecule has 0 bridgehead atoms. The molecule has 5 nitrogen and oxygen atoms in total. The van der Waals surface area contributed by atoms with Crippen LogP contribution in [-0.2, 0) is 11.3 Å². The number of urea groups is 1. The third-order valence-corrected chi connectivity index (χ3v) is 2.86. The van der Waals surface area contributed by atoms with Gasteiger partial charge in [-0.2, -0.15) is 0 Å². The Balaban J connectivity index is 1.71. The Morgan fingerprint density at radius 2 is 2.39 bits per heavy atom. The van der Waals surface area contributed by atoms with Gasteiger partial charge in [0.1, 0.15) is 0 Å². The van der Waals surface area contributed by atoms with Gasteiger partial charge in [0.05, 0.1) is 13.2 Å². The molecule has 0 aromatic carbocycles. The summed E-state index contributed by atoms with van der Waals surface area (Å²) in [5.74, 6) is 0. The molecular formula is C13H19N3O2. The van der Waals surface area contributed by atoms with E-state index in [1.807, 2.05) is 25.3 Å². The van der Waals surface area contributed by atoms with Crippen LogP contribution in [0.25, 0.3) is 0 Å². The predicted octanol–water partition coefficient (Wildman–Crippen LogP) is 1.67. The normalized spacial score (nSPS) is 15.5. The van der Waals surface area contributed by atoms with Gasteiger partial charge in [-0.25, -0.2) is 9.86 Å². The Morgan fingerprint density at radius 3 is 3.06 bits per heavy atom. The summed E-state index contributed by atoms with van der Waals surface area (Å²) < 4.78 is 0. The van der Waals surface area contributed by atoms with Gasteiger partial charge in [-0.3, -0.25) is 9.82 Å². The fourth-order valence-corrected chi connectivity index (χ4v) is 1.79. The van der Waals surface area contributed by atoms with Gasteiger partial charge in [0, 0.05) is 24.9 Å². The van der Waals surface area contributed by atoms with E-state index in [0.717, 1.165) is 30.5 Å². The molecule has 1 saturated heterocycles. The maximum absolute atomic E-state index is 11.7. The van der Waals surface area contributed by atoms with E-state index < -0.39 is 0 Å². The van der Waals surface area contributed by atoms with E-state index in [1.165, 1.54) is 5.06 Å². The van der Waals surface area contributed by atoms with Gasteiger partial charge >= 0.3 is 6.03 Å². The van der Waals surface area contributed by atoms with Crippen molar-refractivity contribution in [1.29, 1.82) is 0 Å². The van der Waals surface area contributed by atoms with Crippen LogP contribution < -0.4 is 5.32 Å². The van der Waals surface area contributed by atoms with Gasteiger partial charge in [0.15, 0.2) is 0 Å².